The maximum atomic E-state index is 11.8. The van der Waals surface area contributed by atoms with E-state index in [2.05, 4.69) is 5.32 Å². The largest absolute Gasteiger partial charge is 0.490 e. The number of aliphatic hydroxyl groups is 1. The number of halogens is 3. The molecule has 0 bridgehead atoms. The predicted molar refractivity (Wildman–Crippen MR) is 83.3 cm³/mol. The Morgan fingerprint density at radius 1 is 1.24 bits per heavy atom. The molecule has 1 fully saturated rings. The smallest absolute Gasteiger partial charge is 0.475 e. The number of carboxylic acids is 1. The summed E-state index contributed by atoms with van der Waals surface area (Å²) < 4.78 is 31.7. The summed E-state index contributed by atoms with van der Waals surface area (Å²) in [7, 11) is 0. The van der Waals surface area contributed by atoms with E-state index in [0.29, 0.717) is 6.54 Å². The maximum absolute atomic E-state index is 11.8. The number of alkyl halides is 3. The second kappa shape index (κ2) is 10.6. The minimum absolute atomic E-state index is 0.123. The van der Waals surface area contributed by atoms with Crippen LogP contribution in [-0.4, -0.2) is 46.5 Å². The Balaban J connectivity index is 0.000000697. The number of aliphatic carboxylic acids is 1. The minimum atomic E-state index is -5.08. The fourth-order valence-electron chi connectivity index (χ4n) is 2.40. The molecular weight excluding hydrogens is 345 g/mol. The van der Waals surface area contributed by atoms with Crippen molar-refractivity contribution in [2.24, 2.45) is 11.8 Å². The molecule has 1 saturated carbocycles. The average Bonchev–Trinajstić information content (AvgIpc) is 2.47. The van der Waals surface area contributed by atoms with Crippen molar-refractivity contribution in [3.63, 3.8) is 0 Å². The number of hydrogen-bond donors (Lipinski definition) is 4. The summed E-state index contributed by atoms with van der Waals surface area (Å²) in [5.74, 6) is 2.53. The zero-order valence-electron chi connectivity index (χ0n) is 14.4. The van der Waals surface area contributed by atoms with E-state index in [9.17, 15) is 23.1 Å². The van der Waals surface area contributed by atoms with E-state index >= 15 is 0 Å². The molecule has 0 aliphatic heterocycles. The molecule has 0 heterocycles. The number of carboxylic acid groups (broad SMARTS) is 1. The normalized spacial score (nSPS) is 18.1. The lowest BCUT2D eigenvalue weighted by Gasteiger charge is -2.31. The maximum Gasteiger partial charge on any atom is 0.490 e. The van der Waals surface area contributed by atoms with E-state index in [4.69, 9.17) is 20.6 Å². The Morgan fingerprint density at radius 3 is 2.08 bits per heavy atom. The molecule has 1 aliphatic rings. The van der Waals surface area contributed by atoms with E-state index in [1.54, 1.807) is 0 Å². The van der Waals surface area contributed by atoms with Crippen molar-refractivity contribution >= 4 is 11.9 Å². The number of carbonyl (C=O) groups is 2. The van der Waals surface area contributed by atoms with Gasteiger partial charge in [0, 0.05) is 6.54 Å². The first-order valence-electron chi connectivity index (χ1n) is 8.06. The van der Waals surface area contributed by atoms with Gasteiger partial charge in [-0.05, 0) is 18.8 Å². The van der Waals surface area contributed by atoms with Gasteiger partial charge in [0.1, 0.15) is 0 Å². The van der Waals surface area contributed by atoms with Crippen LogP contribution in [0.25, 0.3) is 0 Å². The molecule has 148 valence electrons. The van der Waals surface area contributed by atoms with E-state index in [1.165, 1.54) is 0 Å². The summed E-state index contributed by atoms with van der Waals surface area (Å²) in [4.78, 5) is 25.5. The van der Waals surface area contributed by atoms with Crippen LogP contribution in [0.2, 0.25) is 0 Å². The molecule has 1 rings (SSSR count). The molecule has 0 aromatic heterocycles. The first kappa shape index (κ1) is 23.6. The molecule has 1 atom stereocenters. The Hall–Kier alpha value is -1.39. The third kappa shape index (κ3) is 10.3. The Labute approximate surface area is 144 Å². The van der Waals surface area contributed by atoms with Gasteiger partial charge in [-0.2, -0.15) is 13.2 Å². The number of amides is 1. The summed E-state index contributed by atoms with van der Waals surface area (Å²) in [6.45, 7) is 4.36. The lowest BCUT2D eigenvalue weighted by Crippen LogP contribution is -2.42. The highest BCUT2D eigenvalue weighted by molar-refractivity contribution is 5.77. The number of nitrogens with two attached hydrogens (primary N) is 1. The Morgan fingerprint density at radius 2 is 1.72 bits per heavy atom. The van der Waals surface area contributed by atoms with Crippen LogP contribution in [0.1, 0.15) is 52.4 Å². The molecule has 1 aliphatic carbocycles. The summed E-state index contributed by atoms with van der Waals surface area (Å²) in [5.41, 5.74) is -0.806. The minimum Gasteiger partial charge on any atom is -0.475 e. The number of hydrogen-bond acceptors (Lipinski definition) is 5. The van der Waals surface area contributed by atoms with E-state index in [0.717, 1.165) is 32.1 Å². The molecule has 25 heavy (non-hydrogen) atoms. The molecule has 0 radical (unpaired) electrons. The fraction of sp³-hybridized carbons (Fsp3) is 0.867. The quantitative estimate of drug-likeness (QED) is 0.527. The third-order valence-corrected chi connectivity index (χ3v) is 3.94. The predicted octanol–water partition coefficient (Wildman–Crippen LogP) is 1.74. The van der Waals surface area contributed by atoms with Crippen molar-refractivity contribution in [3.05, 3.63) is 0 Å². The van der Waals surface area contributed by atoms with Crippen LogP contribution in [0, 0.1) is 5.92 Å². The van der Waals surface area contributed by atoms with Gasteiger partial charge >= 0.3 is 12.1 Å². The van der Waals surface area contributed by atoms with Gasteiger partial charge in [-0.25, -0.2) is 10.7 Å². The van der Waals surface area contributed by atoms with Gasteiger partial charge in [0.2, 0.25) is 5.91 Å². The zero-order chi connectivity index (χ0) is 19.7. The lowest BCUT2D eigenvalue weighted by molar-refractivity contribution is -0.192. The summed E-state index contributed by atoms with van der Waals surface area (Å²) >= 11 is 0. The summed E-state index contributed by atoms with van der Waals surface area (Å²) in [6.07, 6.45) is -0.477. The van der Waals surface area contributed by atoms with Gasteiger partial charge < -0.3 is 15.5 Å². The van der Waals surface area contributed by atoms with Crippen LogP contribution < -0.4 is 11.2 Å². The van der Waals surface area contributed by atoms with E-state index in [1.807, 2.05) is 13.8 Å². The van der Waals surface area contributed by atoms with Crippen LogP contribution in [0.15, 0.2) is 0 Å². The Bertz CT molecular complexity index is 424. The van der Waals surface area contributed by atoms with Crippen LogP contribution in [0.5, 0.6) is 0 Å². The molecular formula is C15H27F3N2O5. The number of rotatable bonds is 6. The molecule has 1 unspecified atom stereocenters. The molecule has 7 nitrogen and oxygen atoms in total. The highest BCUT2D eigenvalue weighted by atomic mass is 19.4. The van der Waals surface area contributed by atoms with E-state index < -0.39 is 17.7 Å². The van der Waals surface area contributed by atoms with Crippen molar-refractivity contribution in [3.8, 4) is 0 Å². The highest BCUT2D eigenvalue weighted by Crippen LogP contribution is 2.30. The Kier molecular flexibility index (Phi) is 9.98. The van der Waals surface area contributed by atoms with E-state index in [-0.39, 0.29) is 24.3 Å². The highest BCUT2D eigenvalue weighted by Gasteiger charge is 2.38. The van der Waals surface area contributed by atoms with Crippen molar-refractivity contribution in [2.45, 2.75) is 70.3 Å². The van der Waals surface area contributed by atoms with Crippen molar-refractivity contribution in [1.82, 2.24) is 5.32 Å². The van der Waals surface area contributed by atoms with Gasteiger partial charge in [0.05, 0.1) is 18.1 Å². The lowest BCUT2D eigenvalue weighted by atomic mass is 9.82. The number of carbonyl (C=O) groups excluding carboxylic acids is 1. The van der Waals surface area contributed by atoms with Crippen LogP contribution >= 0.6 is 0 Å². The fourth-order valence-corrected chi connectivity index (χ4v) is 2.40. The van der Waals surface area contributed by atoms with Crippen LogP contribution in [-0.2, 0) is 14.4 Å². The van der Waals surface area contributed by atoms with Crippen LogP contribution in [0.3, 0.4) is 0 Å². The monoisotopic (exact) mass is 372 g/mol. The van der Waals surface area contributed by atoms with Crippen LogP contribution in [0.4, 0.5) is 13.2 Å². The summed E-state index contributed by atoms with van der Waals surface area (Å²) in [5, 5.41) is 20.2. The van der Waals surface area contributed by atoms with Gasteiger partial charge in [-0.1, -0.05) is 33.1 Å². The molecule has 10 heteroatoms. The SMILES string of the molecule is CC(C)C(CNC(=O)CC1(O)CCCCC1)ON.O=C(O)C(F)(F)F. The second-order valence-electron chi connectivity index (χ2n) is 6.49. The topological polar surface area (TPSA) is 122 Å². The van der Waals surface area contributed by atoms with Gasteiger partial charge in [0.15, 0.2) is 0 Å². The first-order chi connectivity index (χ1) is 11.4. The molecule has 5 N–H and O–H groups in total. The van der Waals surface area contributed by atoms with Gasteiger partial charge in [-0.15, -0.1) is 0 Å². The zero-order valence-corrected chi connectivity index (χ0v) is 14.4. The number of nitrogens with one attached hydrogen (secondary N) is 1. The van der Waals surface area contributed by atoms with Crippen molar-refractivity contribution in [1.29, 1.82) is 0 Å². The van der Waals surface area contributed by atoms with Crippen molar-refractivity contribution < 1.29 is 37.8 Å². The standard InChI is InChI=1S/C13H26N2O3.C2HF3O2/c1-10(2)11(18-14)9-15-12(16)8-13(17)6-4-3-5-7-13;3-2(4,5)1(6)7/h10-11,17H,3-9,14H2,1-2H3,(H,15,16);(H,6,7). The summed E-state index contributed by atoms with van der Waals surface area (Å²) in [6, 6.07) is 0. The third-order valence-electron chi connectivity index (χ3n) is 3.94. The molecule has 0 aromatic rings. The molecule has 1 amide bonds. The van der Waals surface area contributed by atoms with Crippen molar-refractivity contribution in [2.75, 3.05) is 6.54 Å². The molecule has 0 spiro atoms. The molecule has 0 aromatic carbocycles. The first-order valence-corrected chi connectivity index (χ1v) is 8.06. The molecule has 0 saturated heterocycles. The van der Waals surface area contributed by atoms with Gasteiger partial charge in [0.25, 0.3) is 0 Å². The average molecular weight is 372 g/mol. The second-order valence-corrected chi connectivity index (χ2v) is 6.49. The van der Waals surface area contributed by atoms with Gasteiger partial charge in [-0.3, -0.25) is 9.63 Å².